The number of alkyl halides is 2. The smallest absolute Gasteiger partial charge is 0.463 e. The van der Waals surface area contributed by atoms with Gasteiger partial charge in [-0.1, -0.05) is 31.2 Å². The van der Waals surface area contributed by atoms with E-state index in [0.29, 0.717) is 16.6 Å². The molecular weight excluding hydrogens is 564 g/mol. The summed E-state index contributed by atoms with van der Waals surface area (Å²) in [7, 11) is -2.15. The first-order valence-corrected chi connectivity index (χ1v) is 13.9. The molecule has 1 aromatic heterocycles. The topological polar surface area (TPSA) is 135 Å². The number of benzene rings is 3. The summed E-state index contributed by atoms with van der Waals surface area (Å²) in [5.41, 5.74) is 4.32. The number of nitrogens with one attached hydrogen (secondary N) is 1. The Bertz CT molecular complexity index is 1750. The normalized spacial score (nSPS) is 13.8. The Hall–Kier alpha value is -4.56. The Kier molecular flexibility index (Phi) is 7.36. The minimum Gasteiger partial charge on any atom is -0.463 e. The number of aromatic nitrogens is 2. The number of ether oxygens (including phenoxy) is 3. The number of carbonyl (C=O) groups excluding carboxylic acids is 2. The van der Waals surface area contributed by atoms with Crippen molar-refractivity contribution in [2.75, 3.05) is 12.9 Å². The lowest BCUT2D eigenvalue weighted by molar-refractivity contribution is -0.287. The maximum absolute atomic E-state index is 13.7. The second kappa shape index (κ2) is 10.8. The highest BCUT2D eigenvalue weighted by Crippen LogP contribution is 2.43. The lowest BCUT2D eigenvalue weighted by atomic mass is 10.1. The van der Waals surface area contributed by atoms with Gasteiger partial charge in [0, 0.05) is 5.56 Å². The molecule has 1 aliphatic heterocycles. The van der Waals surface area contributed by atoms with Crippen LogP contribution >= 0.6 is 0 Å². The van der Waals surface area contributed by atoms with Crippen LogP contribution in [0.4, 0.5) is 8.78 Å². The monoisotopic (exact) mass is 587 g/mol. The Balaban J connectivity index is 1.34. The SMILES string of the molecule is CCS(=O)(=O)c1ccc(CNOC(=O)c2ccc3c(c2)nc(C(=O)OC)n3Cc2cccc3c2OC(F)(F)O3)cc1. The first-order chi connectivity index (χ1) is 19.5. The van der Waals surface area contributed by atoms with E-state index in [0.717, 1.165) is 0 Å². The highest BCUT2D eigenvalue weighted by Gasteiger charge is 2.44. The summed E-state index contributed by atoms with van der Waals surface area (Å²) in [4.78, 5) is 34.8. The van der Waals surface area contributed by atoms with Gasteiger partial charge in [0.1, 0.15) is 0 Å². The molecule has 214 valence electrons. The molecule has 3 aromatic carbocycles. The van der Waals surface area contributed by atoms with Crippen molar-refractivity contribution in [3.63, 3.8) is 0 Å². The van der Waals surface area contributed by atoms with E-state index in [4.69, 9.17) is 9.57 Å². The van der Waals surface area contributed by atoms with E-state index in [1.54, 1.807) is 25.1 Å². The first-order valence-electron chi connectivity index (χ1n) is 12.2. The molecule has 0 aliphatic carbocycles. The average molecular weight is 588 g/mol. The molecule has 1 aliphatic rings. The zero-order valence-electron chi connectivity index (χ0n) is 21.7. The predicted octanol–water partition coefficient (Wildman–Crippen LogP) is 3.85. The van der Waals surface area contributed by atoms with Gasteiger partial charge in [0.2, 0.25) is 5.82 Å². The number of esters is 1. The second-order valence-corrected chi connectivity index (χ2v) is 11.2. The molecule has 0 amide bonds. The number of nitrogens with zero attached hydrogens (tertiary/aromatic N) is 2. The summed E-state index contributed by atoms with van der Waals surface area (Å²) in [6.45, 7) is 1.59. The van der Waals surface area contributed by atoms with Crippen molar-refractivity contribution in [2.45, 2.75) is 31.2 Å². The third kappa shape index (κ3) is 5.69. The fraction of sp³-hybridized carbons (Fsp3) is 0.222. The van der Waals surface area contributed by atoms with E-state index >= 15 is 0 Å². The summed E-state index contributed by atoms with van der Waals surface area (Å²) < 4.78 is 66.7. The molecule has 1 N–H and O–H groups in total. The lowest BCUT2D eigenvalue weighted by Crippen LogP contribution is -2.26. The Morgan fingerprint density at radius 3 is 2.51 bits per heavy atom. The third-order valence-corrected chi connectivity index (χ3v) is 8.04. The van der Waals surface area contributed by atoms with Gasteiger partial charge < -0.3 is 23.6 Å². The number of para-hydroxylation sites is 1. The standard InChI is InChI=1S/C27H23F2N3O8S/c1-3-41(35,36)19-10-7-16(8-11-19)14-30-40-25(33)17-9-12-21-20(13-17)31-24(26(34)37-2)32(21)15-18-5-4-6-22-23(18)39-27(28,29)38-22/h4-13,30H,3,14-15H2,1-2H3. The molecule has 4 aromatic rings. The minimum atomic E-state index is -3.82. The maximum atomic E-state index is 13.7. The Morgan fingerprint density at radius 2 is 1.80 bits per heavy atom. The van der Waals surface area contributed by atoms with Crippen molar-refractivity contribution in [3.05, 3.63) is 83.2 Å². The molecule has 0 spiro atoms. The van der Waals surface area contributed by atoms with Crippen molar-refractivity contribution in [1.82, 2.24) is 15.0 Å². The zero-order valence-corrected chi connectivity index (χ0v) is 22.5. The van der Waals surface area contributed by atoms with Gasteiger partial charge in [-0.25, -0.2) is 23.0 Å². The Morgan fingerprint density at radius 1 is 1.05 bits per heavy atom. The number of sulfone groups is 1. The fourth-order valence-corrected chi connectivity index (χ4v) is 5.09. The number of rotatable bonds is 9. The molecule has 0 saturated carbocycles. The summed E-state index contributed by atoms with van der Waals surface area (Å²) >= 11 is 0. The summed E-state index contributed by atoms with van der Waals surface area (Å²) in [6, 6.07) is 15.0. The molecular formula is C27H23F2N3O8S. The van der Waals surface area contributed by atoms with Crippen LogP contribution in [0.25, 0.3) is 11.0 Å². The van der Waals surface area contributed by atoms with E-state index in [1.807, 2.05) is 0 Å². The van der Waals surface area contributed by atoms with Gasteiger partial charge in [0.05, 0.1) is 47.4 Å². The van der Waals surface area contributed by atoms with Crippen LogP contribution < -0.4 is 15.0 Å². The van der Waals surface area contributed by atoms with Crippen molar-refractivity contribution >= 4 is 32.8 Å². The highest BCUT2D eigenvalue weighted by molar-refractivity contribution is 7.91. The molecule has 41 heavy (non-hydrogen) atoms. The second-order valence-electron chi connectivity index (χ2n) is 8.89. The highest BCUT2D eigenvalue weighted by atomic mass is 32.2. The van der Waals surface area contributed by atoms with Crippen LogP contribution in [0.2, 0.25) is 0 Å². The van der Waals surface area contributed by atoms with Gasteiger partial charge in [-0.2, -0.15) is 0 Å². The van der Waals surface area contributed by atoms with Crippen molar-refractivity contribution in [3.8, 4) is 11.5 Å². The van der Waals surface area contributed by atoms with Gasteiger partial charge in [0.15, 0.2) is 21.3 Å². The van der Waals surface area contributed by atoms with E-state index < -0.39 is 28.1 Å². The largest absolute Gasteiger partial charge is 0.586 e. The number of fused-ring (bicyclic) bond motifs is 2. The van der Waals surface area contributed by atoms with Crippen LogP contribution in [0, 0.1) is 0 Å². The maximum Gasteiger partial charge on any atom is 0.586 e. The molecule has 14 heteroatoms. The van der Waals surface area contributed by atoms with E-state index in [1.165, 1.54) is 54.1 Å². The van der Waals surface area contributed by atoms with E-state index in [9.17, 15) is 26.8 Å². The van der Waals surface area contributed by atoms with Crippen LogP contribution in [0.1, 0.15) is 39.0 Å². The number of methoxy groups -OCH3 is 1. The Labute approximate surface area is 232 Å². The number of halogens is 2. The van der Waals surface area contributed by atoms with Crippen LogP contribution in [-0.2, 0) is 32.5 Å². The number of carbonyl (C=O) groups is 2. The third-order valence-electron chi connectivity index (χ3n) is 6.29. The number of hydroxylamine groups is 1. The van der Waals surface area contributed by atoms with Gasteiger partial charge in [0.25, 0.3) is 0 Å². The number of hydrogen-bond acceptors (Lipinski definition) is 10. The van der Waals surface area contributed by atoms with Gasteiger partial charge in [-0.05, 0) is 42.0 Å². The zero-order chi connectivity index (χ0) is 29.4. The molecule has 0 fully saturated rings. The van der Waals surface area contributed by atoms with Crippen molar-refractivity contribution in [1.29, 1.82) is 0 Å². The average Bonchev–Trinajstić information content (AvgIpc) is 3.48. The number of imidazole rings is 1. The summed E-state index contributed by atoms with van der Waals surface area (Å²) in [6.07, 6.45) is -3.82. The number of hydrogen-bond donors (Lipinski definition) is 1. The van der Waals surface area contributed by atoms with Gasteiger partial charge >= 0.3 is 18.2 Å². The molecule has 0 unspecified atom stereocenters. The minimum absolute atomic E-state index is 0.0115. The van der Waals surface area contributed by atoms with Crippen LogP contribution in [-0.4, -0.2) is 49.1 Å². The van der Waals surface area contributed by atoms with Crippen LogP contribution in [0.15, 0.2) is 65.6 Å². The van der Waals surface area contributed by atoms with E-state index in [-0.39, 0.29) is 52.1 Å². The molecule has 5 rings (SSSR count). The quantitative estimate of drug-likeness (QED) is 0.227. The first kappa shape index (κ1) is 28.0. The van der Waals surface area contributed by atoms with Gasteiger partial charge in [-0.3, -0.25) is 0 Å². The summed E-state index contributed by atoms with van der Waals surface area (Å²) in [5.74, 6) is -1.95. The molecule has 0 radical (unpaired) electrons. The molecule has 2 heterocycles. The molecule has 0 atom stereocenters. The van der Waals surface area contributed by atoms with Crippen molar-refractivity contribution in [2.24, 2.45) is 0 Å². The molecule has 0 saturated heterocycles. The van der Waals surface area contributed by atoms with E-state index in [2.05, 4.69) is 19.9 Å². The van der Waals surface area contributed by atoms with Crippen molar-refractivity contribution < 1.29 is 45.8 Å². The molecule has 0 bridgehead atoms. The molecule has 11 nitrogen and oxygen atoms in total. The predicted molar refractivity (Wildman–Crippen MR) is 139 cm³/mol. The summed E-state index contributed by atoms with van der Waals surface area (Å²) in [5, 5.41) is 0. The van der Waals surface area contributed by atoms with Gasteiger partial charge in [-0.15, -0.1) is 14.3 Å². The fourth-order valence-electron chi connectivity index (χ4n) is 4.21. The van der Waals surface area contributed by atoms with Crippen LogP contribution in [0.3, 0.4) is 0 Å². The lowest BCUT2D eigenvalue weighted by Gasteiger charge is -2.11. The van der Waals surface area contributed by atoms with Crippen LogP contribution in [0.5, 0.6) is 11.5 Å².